The number of amides is 1. The lowest BCUT2D eigenvalue weighted by Gasteiger charge is -2.33. The van der Waals surface area contributed by atoms with Gasteiger partial charge in [0.1, 0.15) is 11.7 Å². The molecule has 1 aromatic heterocycles. The van der Waals surface area contributed by atoms with Crippen LogP contribution in [-0.2, 0) is 16.0 Å². The van der Waals surface area contributed by atoms with Crippen molar-refractivity contribution in [2.24, 2.45) is 0 Å². The van der Waals surface area contributed by atoms with E-state index < -0.39 is 6.04 Å². The highest BCUT2D eigenvalue weighted by Crippen LogP contribution is 2.28. The molecule has 1 aliphatic carbocycles. The van der Waals surface area contributed by atoms with E-state index in [1.807, 2.05) is 6.92 Å². The van der Waals surface area contributed by atoms with Crippen LogP contribution in [0.25, 0.3) is 0 Å². The highest BCUT2D eigenvalue weighted by molar-refractivity contribution is 6.04. The summed E-state index contributed by atoms with van der Waals surface area (Å²) in [6.07, 6.45) is 4.54. The zero-order chi connectivity index (χ0) is 16.6. The number of carbonyl (C=O) groups is 3. The Bertz CT molecular complexity index is 662. The number of rotatable bonds is 2. The van der Waals surface area contributed by atoms with Crippen molar-refractivity contribution in [3.8, 4) is 0 Å². The largest absolute Gasteiger partial charge is 0.467 e. The summed E-state index contributed by atoms with van der Waals surface area (Å²) in [5.41, 5.74) is 2.69. The maximum atomic E-state index is 13.0. The summed E-state index contributed by atoms with van der Waals surface area (Å²) in [7, 11) is 1.34. The fourth-order valence-corrected chi connectivity index (χ4v) is 3.69. The zero-order valence-electron chi connectivity index (χ0n) is 13.6. The minimum Gasteiger partial charge on any atom is -0.467 e. The van der Waals surface area contributed by atoms with Gasteiger partial charge in [-0.1, -0.05) is 0 Å². The van der Waals surface area contributed by atoms with Crippen LogP contribution in [0.1, 0.15) is 64.2 Å². The second-order valence-corrected chi connectivity index (χ2v) is 6.29. The van der Waals surface area contributed by atoms with Crippen molar-refractivity contribution >= 4 is 17.7 Å². The van der Waals surface area contributed by atoms with E-state index in [0.29, 0.717) is 36.2 Å². The van der Waals surface area contributed by atoms with E-state index in [2.05, 4.69) is 4.98 Å². The molecule has 6 heteroatoms. The Labute approximate surface area is 135 Å². The highest BCUT2D eigenvalue weighted by atomic mass is 16.5. The van der Waals surface area contributed by atoms with Crippen LogP contribution in [0.3, 0.4) is 0 Å². The molecule has 0 spiro atoms. The molecule has 0 radical (unpaired) electrons. The van der Waals surface area contributed by atoms with E-state index in [-0.39, 0.29) is 17.7 Å². The molecule has 2 aliphatic rings. The number of piperidine rings is 1. The van der Waals surface area contributed by atoms with Gasteiger partial charge < -0.3 is 14.6 Å². The number of aromatic nitrogens is 1. The van der Waals surface area contributed by atoms with E-state index in [4.69, 9.17) is 4.74 Å². The predicted molar refractivity (Wildman–Crippen MR) is 83.5 cm³/mol. The minimum atomic E-state index is -0.531. The maximum absolute atomic E-state index is 13.0. The standard InChI is InChI=1S/C17H22N2O4/c1-10-14-11(6-5-8-13(14)20)18-15(10)16(21)19-9-4-3-7-12(19)17(22)23-2/h12,18H,3-9H2,1-2H3. The van der Waals surface area contributed by atoms with Crippen molar-refractivity contribution in [3.63, 3.8) is 0 Å². The Morgan fingerprint density at radius 1 is 1.22 bits per heavy atom. The third-order valence-corrected chi connectivity index (χ3v) is 4.89. The van der Waals surface area contributed by atoms with Crippen molar-refractivity contribution in [1.29, 1.82) is 0 Å². The molecule has 1 amide bonds. The fourth-order valence-electron chi connectivity index (χ4n) is 3.69. The van der Waals surface area contributed by atoms with Gasteiger partial charge in [-0.25, -0.2) is 4.79 Å². The van der Waals surface area contributed by atoms with E-state index >= 15 is 0 Å². The molecular formula is C17H22N2O4. The van der Waals surface area contributed by atoms with Gasteiger partial charge >= 0.3 is 5.97 Å². The molecule has 0 saturated carbocycles. The molecule has 23 heavy (non-hydrogen) atoms. The van der Waals surface area contributed by atoms with Crippen LogP contribution < -0.4 is 0 Å². The van der Waals surface area contributed by atoms with Gasteiger partial charge in [0.15, 0.2) is 5.78 Å². The van der Waals surface area contributed by atoms with Gasteiger partial charge in [-0.15, -0.1) is 0 Å². The summed E-state index contributed by atoms with van der Waals surface area (Å²) >= 11 is 0. The number of hydrogen-bond acceptors (Lipinski definition) is 4. The zero-order valence-corrected chi connectivity index (χ0v) is 13.6. The van der Waals surface area contributed by atoms with Gasteiger partial charge in [0.05, 0.1) is 7.11 Å². The topological polar surface area (TPSA) is 79.5 Å². The summed E-state index contributed by atoms with van der Waals surface area (Å²) in [4.78, 5) is 41.8. The second-order valence-electron chi connectivity index (χ2n) is 6.29. The number of likely N-dealkylation sites (tertiary alicyclic amines) is 1. The van der Waals surface area contributed by atoms with Crippen molar-refractivity contribution in [2.45, 2.75) is 51.5 Å². The number of fused-ring (bicyclic) bond motifs is 1. The Morgan fingerprint density at radius 2 is 2.00 bits per heavy atom. The van der Waals surface area contributed by atoms with Gasteiger partial charge in [0.2, 0.25) is 0 Å². The van der Waals surface area contributed by atoms with Gasteiger partial charge in [-0.2, -0.15) is 0 Å². The lowest BCUT2D eigenvalue weighted by molar-refractivity contribution is -0.147. The Kier molecular flexibility index (Phi) is 4.24. The third kappa shape index (κ3) is 2.66. The molecule has 1 saturated heterocycles. The number of methoxy groups -OCH3 is 1. The monoisotopic (exact) mass is 318 g/mol. The summed E-state index contributed by atoms with van der Waals surface area (Å²) in [6.45, 7) is 2.35. The molecule has 3 rings (SSSR count). The summed E-state index contributed by atoms with van der Waals surface area (Å²) in [5.74, 6) is -0.481. The van der Waals surface area contributed by atoms with E-state index in [1.54, 1.807) is 4.90 Å². The molecule has 124 valence electrons. The number of aryl methyl sites for hydroxylation is 1. The average molecular weight is 318 g/mol. The predicted octanol–water partition coefficient (Wildman–Crippen LogP) is 2.01. The van der Waals surface area contributed by atoms with Crippen molar-refractivity contribution in [3.05, 3.63) is 22.5 Å². The van der Waals surface area contributed by atoms with Gasteiger partial charge in [0.25, 0.3) is 5.91 Å². The molecule has 1 atom stereocenters. The average Bonchev–Trinajstić information content (AvgIpc) is 2.91. The fraction of sp³-hybridized carbons (Fsp3) is 0.588. The molecule has 1 unspecified atom stereocenters. The van der Waals surface area contributed by atoms with Gasteiger partial charge in [-0.05, 0) is 44.6 Å². The number of nitrogens with one attached hydrogen (secondary N) is 1. The SMILES string of the molecule is COC(=O)C1CCCCN1C(=O)c1[nH]c2c(c1C)C(=O)CCC2. The number of hydrogen-bond donors (Lipinski definition) is 1. The lowest BCUT2D eigenvalue weighted by atomic mass is 9.93. The smallest absolute Gasteiger partial charge is 0.328 e. The molecule has 1 fully saturated rings. The van der Waals surface area contributed by atoms with Crippen molar-refractivity contribution in [1.82, 2.24) is 9.88 Å². The van der Waals surface area contributed by atoms with Crippen LogP contribution >= 0.6 is 0 Å². The number of carbonyl (C=O) groups excluding carboxylic acids is 3. The maximum Gasteiger partial charge on any atom is 0.328 e. The molecule has 2 heterocycles. The molecule has 1 aliphatic heterocycles. The van der Waals surface area contributed by atoms with Crippen LogP contribution in [0.15, 0.2) is 0 Å². The Hall–Kier alpha value is -2.11. The van der Waals surface area contributed by atoms with E-state index in [0.717, 1.165) is 31.4 Å². The molecular weight excluding hydrogens is 296 g/mol. The molecule has 0 aromatic carbocycles. The number of H-pyrrole nitrogens is 1. The van der Waals surface area contributed by atoms with Crippen LogP contribution in [0.4, 0.5) is 0 Å². The van der Waals surface area contributed by atoms with E-state index in [1.165, 1.54) is 7.11 Å². The Balaban J connectivity index is 1.93. The quantitative estimate of drug-likeness (QED) is 0.846. The first kappa shape index (κ1) is 15.8. The summed E-state index contributed by atoms with van der Waals surface area (Å²) in [6, 6.07) is -0.531. The third-order valence-electron chi connectivity index (χ3n) is 4.89. The van der Waals surface area contributed by atoms with Crippen molar-refractivity contribution in [2.75, 3.05) is 13.7 Å². The molecule has 1 N–H and O–H groups in total. The second kappa shape index (κ2) is 6.18. The summed E-state index contributed by atoms with van der Waals surface area (Å²) in [5, 5.41) is 0. The van der Waals surface area contributed by atoms with Gasteiger partial charge in [0, 0.05) is 24.2 Å². The van der Waals surface area contributed by atoms with Crippen LogP contribution in [0.5, 0.6) is 0 Å². The molecule has 1 aromatic rings. The number of aromatic amines is 1. The number of ether oxygens (including phenoxy) is 1. The van der Waals surface area contributed by atoms with Gasteiger partial charge in [-0.3, -0.25) is 9.59 Å². The Morgan fingerprint density at radius 3 is 2.70 bits per heavy atom. The molecule has 6 nitrogen and oxygen atoms in total. The van der Waals surface area contributed by atoms with Crippen LogP contribution in [-0.4, -0.2) is 47.2 Å². The first-order chi connectivity index (χ1) is 11.0. The number of Topliss-reactive ketones (excluding diaryl/α,β-unsaturated/α-hetero) is 1. The molecule has 0 bridgehead atoms. The number of esters is 1. The normalized spacial score (nSPS) is 21.0. The van der Waals surface area contributed by atoms with E-state index in [9.17, 15) is 14.4 Å². The number of nitrogens with zero attached hydrogens (tertiary/aromatic N) is 1. The number of ketones is 1. The lowest BCUT2D eigenvalue weighted by Crippen LogP contribution is -2.48. The summed E-state index contributed by atoms with van der Waals surface area (Å²) < 4.78 is 4.84. The van der Waals surface area contributed by atoms with Crippen LogP contribution in [0, 0.1) is 6.92 Å². The first-order valence-electron chi connectivity index (χ1n) is 8.18. The first-order valence-corrected chi connectivity index (χ1v) is 8.18. The minimum absolute atomic E-state index is 0.0993. The van der Waals surface area contributed by atoms with Crippen molar-refractivity contribution < 1.29 is 19.1 Å². The highest BCUT2D eigenvalue weighted by Gasteiger charge is 2.36. The van der Waals surface area contributed by atoms with Crippen LogP contribution in [0.2, 0.25) is 0 Å².